The van der Waals surface area contributed by atoms with E-state index in [9.17, 15) is 4.79 Å². The molecule has 1 aromatic rings. The number of nitrogens with zero attached hydrogens (tertiary/aromatic N) is 1. The van der Waals surface area contributed by atoms with Gasteiger partial charge in [-0.2, -0.15) is 0 Å². The fourth-order valence-corrected chi connectivity index (χ4v) is 2.44. The molecule has 1 fully saturated rings. The topological polar surface area (TPSA) is 67.6 Å². The zero-order valence-electron chi connectivity index (χ0n) is 11.6. The van der Waals surface area contributed by atoms with Crippen LogP contribution < -0.4 is 11.1 Å². The van der Waals surface area contributed by atoms with E-state index < -0.39 is 0 Å². The van der Waals surface area contributed by atoms with Crippen molar-refractivity contribution in [3.05, 3.63) is 23.2 Å². The fourth-order valence-electron chi connectivity index (χ4n) is 2.27. The van der Waals surface area contributed by atoms with Crippen LogP contribution in [0.1, 0.15) is 12.8 Å². The quantitative estimate of drug-likeness (QED) is 0.816. The second-order valence-corrected chi connectivity index (χ2v) is 5.53. The van der Waals surface area contributed by atoms with Crippen molar-refractivity contribution in [2.24, 2.45) is 0 Å². The number of hydrogen-bond acceptors (Lipinski definition) is 4. The SMILES string of the molecule is CN(CC(=O)Nc1cc(N)ccc1Cl)CC1CCCO1. The smallest absolute Gasteiger partial charge is 0.238 e. The number of nitrogens with two attached hydrogens (primary N) is 1. The molecule has 1 unspecified atom stereocenters. The van der Waals surface area contributed by atoms with Gasteiger partial charge in [0.25, 0.3) is 0 Å². The standard InChI is InChI=1S/C14H20ClN3O2/c1-18(8-11-3-2-6-20-11)9-14(19)17-13-7-10(16)4-5-12(13)15/h4-5,7,11H,2-3,6,8-9,16H2,1H3,(H,17,19). The van der Waals surface area contributed by atoms with Gasteiger partial charge in [-0.1, -0.05) is 11.6 Å². The molecule has 3 N–H and O–H groups in total. The molecule has 5 nitrogen and oxygen atoms in total. The third-order valence-electron chi connectivity index (χ3n) is 3.22. The summed E-state index contributed by atoms with van der Waals surface area (Å²) in [7, 11) is 1.90. The fraction of sp³-hybridized carbons (Fsp3) is 0.500. The van der Waals surface area contributed by atoms with Crippen molar-refractivity contribution in [1.29, 1.82) is 0 Å². The lowest BCUT2D eigenvalue weighted by molar-refractivity contribution is -0.117. The Morgan fingerprint density at radius 2 is 2.40 bits per heavy atom. The molecular formula is C14H20ClN3O2. The minimum atomic E-state index is -0.113. The number of ether oxygens (including phenoxy) is 1. The Hall–Kier alpha value is -1.30. The first-order chi connectivity index (χ1) is 9.54. The van der Waals surface area contributed by atoms with E-state index >= 15 is 0 Å². The molecule has 1 atom stereocenters. The van der Waals surface area contributed by atoms with Gasteiger partial charge in [0.15, 0.2) is 0 Å². The molecule has 1 amide bonds. The van der Waals surface area contributed by atoms with E-state index in [4.69, 9.17) is 22.1 Å². The van der Waals surface area contributed by atoms with Crippen LogP contribution in [0.5, 0.6) is 0 Å². The minimum absolute atomic E-state index is 0.113. The average molecular weight is 298 g/mol. The summed E-state index contributed by atoms with van der Waals surface area (Å²) in [4.78, 5) is 13.9. The third-order valence-corrected chi connectivity index (χ3v) is 3.55. The average Bonchev–Trinajstić information content (AvgIpc) is 2.86. The summed E-state index contributed by atoms with van der Waals surface area (Å²) in [6.07, 6.45) is 2.40. The number of carbonyl (C=O) groups is 1. The maximum atomic E-state index is 12.0. The highest BCUT2D eigenvalue weighted by Crippen LogP contribution is 2.24. The highest BCUT2D eigenvalue weighted by Gasteiger charge is 2.18. The van der Waals surface area contributed by atoms with Gasteiger partial charge in [-0.15, -0.1) is 0 Å². The first-order valence-corrected chi connectivity index (χ1v) is 7.07. The molecule has 1 heterocycles. The lowest BCUT2D eigenvalue weighted by atomic mass is 10.2. The molecule has 0 aromatic heterocycles. The van der Waals surface area contributed by atoms with Crippen LogP contribution in [-0.4, -0.2) is 43.7 Å². The first-order valence-electron chi connectivity index (χ1n) is 6.69. The summed E-state index contributed by atoms with van der Waals surface area (Å²) in [5.41, 5.74) is 6.79. The number of nitrogen functional groups attached to an aromatic ring is 1. The molecule has 6 heteroatoms. The summed E-state index contributed by atoms with van der Waals surface area (Å²) in [6.45, 7) is 1.88. The molecule has 1 saturated heterocycles. The van der Waals surface area contributed by atoms with Gasteiger partial charge >= 0.3 is 0 Å². The highest BCUT2D eigenvalue weighted by atomic mass is 35.5. The predicted molar refractivity (Wildman–Crippen MR) is 81.0 cm³/mol. The van der Waals surface area contributed by atoms with Gasteiger partial charge in [-0.3, -0.25) is 9.69 Å². The second-order valence-electron chi connectivity index (χ2n) is 5.12. The van der Waals surface area contributed by atoms with Crippen LogP contribution in [0.2, 0.25) is 5.02 Å². The number of amides is 1. The van der Waals surface area contributed by atoms with Gasteiger partial charge in [-0.05, 0) is 38.1 Å². The van der Waals surface area contributed by atoms with Crippen molar-refractivity contribution in [1.82, 2.24) is 4.90 Å². The van der Waals surface area contributed by atoms with E-state index in [2.05, 4.69) is 5.32 Å². The Balaban J connectivity index is 1.83. The van der Waals surface area contributed by atoms with Crippen LogP contribution in [0.25, 0.3) is 0 Å². The Morgan fingerprint density at radius 3 is 3.10 bits per heavy atom. The van der Waals surface area contributed by atoms with Crippen LogP contribution in [0.4, 0.5) is 11.4 Å². The Morgan fingerprint density at radius 1 is 1.60 bits per heavy atom. The molecule has 110 valence electrons. The number of carbonyl (C=O) groups excluding carboxylic acids is 1. The van der Waals surface area contributed by atoms with Gasteiger partial charge in [0.05, 0.1) is 23.4 Å². The molecule has 1 aliphatic rings. The molecule has 0 saturated carbocycles. The summed E-state index contributed by atoms with van der Waals surface area (Å²) in [6, 6.07) is 5.02. The highest BCUT2D eigenvalue weighted by molar-refractivity contribution is 6.33. The van der Waals surface area contributed by atoms with E-state index in [1.54, 1.807) is 18.2 Å². The predicted octanol–water partition coefficient (Wildman–Crippen LogP) is 1.97. The van der Waals surface area contributed by atoms with Gasteiger partial charge in [0.1, 0.15) is 0 Å². The maximum absolute atomic E-state index is 12.0. The number of rotatable bonds is 5. The van der Waals surface area contributed by atoms with Crippen molar-refractivity contribution in [2.45, 2.75) is 18.9 Å². The Kier molecular flexibility index (Phi) is 5.23. The largest absolute Gasteiger partial charge is 0.399 e. The molecule has 1 aliphatic heterocycles. The molecule has 2 rings (SSSR count). The summed E-state index contributed by atoms with van der Waals surface area (Å²) >= 11 is 6.01. The van der Waals surface area contributed by atoms with Crippen molar-refractivity contribution in [3.63, 3.8) is 0 Å². The molecule has 1 aromatic carbocycles. The van der Waals surface area contributed by atoms with Gasteiger partial charge in [-0.25, -0.2) is 0 Å². The van der Waals surface area contributed by atoms with Gasteiger partial charge in [0.2, 0.25) is 5.91 Å². The van der Waals surface area contributed by atoms with Crippen molar-refractivity contribution in [2.75, 3.05) is 37.8 Å². The molecular weight excluding hydrogens is 278 g/mol. The van der Waals surface area contributed by atoms with Crippen LogP contribution in [0, 0.1) is 0 Å². The van der Waals surface area contributed by atoms with E-state index in [0.29, 0.717) is 22.9 Å². The maximum Gasteiger partial charge on any atom is 0.238 e. The second kappa shape index (κ2) is 6.92. The monoisotopic (exact) mass is 297 g/mol. The normalized spacial score (nSPS) is 18.4. The summed E-state index contributed by atoms with van der Waals surface area (Å²) < 4.78 is 5.55. The van der Waals surface area contributed by atoms with Crippen LogP contribution in [0.3, 0.4) is 0 Å². The van der Waals surface area contributed by atoms with E-state index in [-0.39, 0.29) is 12.0 Å². The van der Waals surface area contributed by atoms with E-state index in [1.807, 2.05) is 11.9 Å². The molecule has 0 spiro atoms. The van der Waals surface area contributed by atoms with Gasteiger partial charge in [0, 0.05) is 18.8 Å². The molecule has 0 aliphatic carbocycles. The van der Waals surface area contributed by atoms with E-state index in [0.717, 1.165) is 26.0 Å². The van der Waals surface area contributed by atoms with Crippen molar-refractivity contribution < 1.29 is 9.53 Å². The zero-order valence-corrected chi connectivity index (χ0v) is 12.3. The summed E-state index contributed by atoms with van der Waals surface area (Å²) in [5, 5.41) is 3.25. The Bertz CT molecular complexity index is 475. The van der Waals surface area contributed by atoms with Crippen molar-refractivity contribution >= 4 is 28.9 Å². The van der Waals surface area contributed by atoms with Crippen LogP contribution >= 0.6 is 11.6 Å². The Labute approximate surface area is 124 Å². The van der Waals surface area contributed by atoms with Crippen molar-refractivity contribution in [3.8, 4) is 0 Å². The molecule has 0 bridgehead atoms. The number of benzene rings is 1. The minimum Gasteiger partial charge on any atom is -0.399 e. The van der Waals surface area contributed by atoms with E-state index in [1.165, 1.54) is 0 Å². The van der Waals surface area contributed by atoms with Gasteiger partial charge < -0.3 is 15.8 Å². The number of likely N-dealkylation sites (N-methyl/N-ethyl adjacent to an activating group) is 1. The number of nitrogens with one attached hydrogen (secondary N) is 1. The molecule has 0 radical (unpaired) electrons. The number of anilines is 2. The lowest BCUT2D eigenvalue weighted by Gasteiger charge is -2.20. The third kappa shape index (κ3) is 4.37. The van der Waals surface area contributed by atoms with Crippen LogP contribution in [0.15, 0.2) is 18.2 Å². The lowest BCUT2D eigenvalue weighted by Crippen LogP contribution is -2.35. The number of halogens is 1. The molecule has 20 heavy (non-hydrogen) atoms. The zero-order chi connectivity index (χ0) is 14.5. The first kappa shape index (κ1) is 15.1. The van der Waals surface area contributed by atoms with Crippen LogP contribution in [-0.2, 0) is 9.53 Å². The number of hydrogen-bond donors (Lipinski definition) is 2. The summed E-state index contributed by atoms with van der Waals surface area (Å²) in [5.74, 6) is -0.113.